The van der Waals surface area contributed by atoms with E-state index in [1.807, 2.05) is 37.3 Å². The van der Waals surface area contributed by atoms with Gasteiger partial charge in [-0.05, 0) is 30.2 Å². The molecule has 0 heterocycles. The highest BCUT2D eigenvalue weighted by molar-refractivity contribution is 5.97. The van der Waals surface area contributed by atoms with Gasteiger partial charge < -0.3 is 19.7 Å². The summed E-state index contributed by atoms with van der Waals surface area (Å²) in [6, 6.07) is 13.4. The number of hydrogen-bond acceptors (Lipinski definition) is 4. The Morgan fingerprint density at radius 2 is 1.83 bits per heavy atom. The van der Waals surface area contributed by atoms with Crippen molar-refractivity contribution in [2.75, 3.05) is 20.2 Å². The summed E-state index contributed by atoms with van der Waals surface area (Å²) >= 11 is 0. The number of hydrogen-bond donors (Lipinski definition) is 1. The number of benzene rings is 2. The number of carbonyl (C=O) groups excluding carboxylic acids is 2. The fourth-order valence-electron chi connectivity index (χ4n) is 2.74. The molecule has 0 aliphatic rings. The lowest BCUT2D eigenvalue weighted by Gasteiger charge is -2.22. The van der Waals surface area contributed by atoms with E-state index >= 15 is 0 Å². The second-order valence-corrected chi connectivity index (χ2v) is 6.23. The van der Waals surface area contributed by atoms with E-state index < -0.39 is 12.5 Å². The van der Waals surface area contributed by atoms with E-state index in [0.29, 0.717) is 13.1 Å². The molecule has 0 spiro atoms. The molecule has 8 heteroatoms. The first-order valence-corrected chi connectivity index (χ1v) is 9.17. The van der Waals surface area contributed by atoms with E-state index in [0.717, 1.165) is 12.0 Å². The van der Waals surface area contributed by atoms with Crippen molar-refractivity contribution < 1.29 is 27.8 Å². The Morgan fingerprint density at radius 3 is 2.45 bits per heavy atom. The van der Waals surface area contributed by atoms with Crippen LogP contribution in [0.15, 0.2) is 48.5 Å². The third-order valence-corrected chi connectivity index (χ3v) is 4.10. The minimum absolute atomic E-state index is 0.000892. The van der Waals surface area contributed by atoms with Gasteiger partial charge in [0.25, 0.3) is 5.91 Å². The molecule has 2 aromatic rings. The van der Waals surface area contributed by atoms with Crippen LogP contribution < -0.4 is 14.8 Å². The Balaban J connectivity index is 1.99. The molecule has 2 aromatic carbocycles. The first kappa shape index (κ1) is 22.1. The number of carbonyl (C=O) groups is 2. The Morgan fingerprint density at radius 1 is 1.10 bits per heavy atom. The lowest BCUT2D eigenvalue weighted by molar-refractivity contribution is -0.130. The molecule has 0 bridgehead atoms. The van der Waals surface area contributed by atoms with Crippen LogP contribution in [0.25, 0.3) is 0 Å². The normalized spacial score (nSPS) is 10.5. The predicted octanol–water partition coefficient (Wildman–Crippen LogP) is 3.47. The average molecular weight is 406 g/mol. The van der Waals surface area contributed by atoms with Gasteiger partial charge in [-0.15, -0.1) is 0 Å². The number of nitrogens with zero attached hydrogens (tertiary/aromatic N) is 1. The molecule has 0 radical (unpaired) electrons. The van der Waals surface area contributed by atoms with Crippen LogP contribution in [0.1, 0.15) is 29.3 Å². The Bertz CT molecular complexity index is 816. The zero-order valence-corrected chi connectivity index (χ0v) is 16.4. The fourth-order valence-corrected chi connectivity index (χ4v) is 2.74. The molecule has 0 saturated heterocycles. The first-order valence-electron chi connectivity index (χ1n) is 9.17. The third kappa shape index (κ3) is 6.74. The van der Waals surface area contributed by atoms with Gasteiger partial charge in [-0.25, -0.2) is 0 Å². The summed E-state index contributed by atoms with van der Waals surface area (Å²) in [7, 11) is 1.28. The van der Waals surface area contributed by atoms with Crippen molar-refractivity contribution in [2.45, 2.75) is 26.5 Å². The van der Waals surface area contributed by atoms with Gasteiger partial charge in [-0.2, -0.15) is 8.78 Å². The topological polar surface area (TPSA) is 67.9 Å². The number of rotatable bonds is 10. The van der Waals surface area contributed by atoms with Gasteiger partial charge in [-0.1, -0.05) is 37.3 Å². The molecule has 29 heavy (non-hydrogen) atoms. The fraction of sp³-hybridized carbons (Fsp3) is 0.333. The van der Waals surface area contributed by atoms with Crippen molar-refractivity contribution in [2.24, 2.45) is 0 Å². The predicted molar refractivity (Wildman–Crippen MR) is 104 cm³/mol. The Kier molecular flexibility index (Phi) is 8.39. The summed E-state index contributed by atoms with van der Waals surface area (Å²) in [6.45, 7) is -0.188. The first-order chi connectivity index (χ1) is 13.9. The minimum Gasteiger partial charge on any atom is -0.493 e. The van der Waals surface area contributed by atoms with Gasteiger partial charge in [0.2, 0.25) is 5.91 Å². The maximum atomic E-state index is 12.6. The van der Waals surface area contributed by atoms with Crippen molar-refractivity contribution in [3.63, 3.8) is 0 Å². The molecule has 0 unspecified atom stereocenters. The smallest absolute Gasteiger partial charge is 0.387 e. The summed E-state index contributed by atoms with van der Waals surface area (Å²) < 4.78 is 34.1. The molecular weight excluding hydrogens is 382 g/mol. The summed E-state index contributed by atoms with van der Waals surface area (Å²) in [5, 5.41) is 2.56. The van der Waals surface area contributed by atoms with Gasteiger partial charge >= 0.3 is 6.61 Å². The standard InChI is InChI=1S/C21H24F2N2O4/c1-3-11-25(14-15-7-5-4-6-8-15)19(26)13-24-20(27)16-9-10-17(29-21(22)23)18(12-16)28-2/h4-10,12,21H,3,11,13-14H2,1-2H3,(H,24,27). The zero-order valence-electron chi connectivity index (χ0n) is 16.4. The summed E-state index contributed by atoms with van der Waals surface area (Å²) in [6.07, 6.45) is 0.787. The van der Waals surface area contributed by atoms with Crippen LogP contribution in [0, 0.1) is 0 Å². The monoisotopic (exact) mass is 406 g/mol. The molecule has 1 N–H and O–H groups in total. The molecule has 6 nitrogen and oxygen atoms in total. The molecule has 0 aliphatic carbocycles. The van der Waals surface area contributed by atoms with Gasteiger partial charge in [-0.3, -0.25) is 9.59 Å². The number of methoxy groups -OCH3 is 1. The summed E-state index contributed by atoms with van der Waals surface area (Å²) in [5.41, 5.74) is 1.17. The molecule has 0 aromatic heterocycles. The molecule has 2 rings (SSSR count). The van der Waals surface area contributed by atoms with Crippen LogP contribution in [0.4, 0.5) is 8.78 Å². The van der Waals surface area contributed by atoms with Crippen molar-refractivity contribution in [1.29, 1.82) is 0 Å². The van der Waals surface area contributed by atoms with Gasteiger partial charge in [0, 0.05) is 18.7 Å². The number of alkyl halides is 2. The average Bonchev–Trinajstić information content (AvgIpc) is 2.72. The molecule has 0 fully saturated rings. The van der Waals surface area contributed by atoms with Gasteiger partial charge in [0.05, 0.1) is 13.7 Å². The second-order valence-electron chi connectivity index (χ2n) is 6.23. The maximum Gasteiger partial charge on any atom is 0.387 e. The Hall–Kier alpha value is -3.16. The van der Waals surface area contributed by atoms with Crippen LogP contribution in [0.3, 0.4) is 0 Å². The molecule has 2 amide bonds. The quantitative estimate of drug-likeness (QED) is 0.656. The molecule has 0 aliphatic heterocycles. The van der Waals surface area contributed by atoms with Crippen LogP contribution >= 0.6 is 0 Å². The van der Waals surface area contributed by atoms with Crippen LogP contribution in [-0.2, 0) is 11.3 Å². The Labute approximate surface area is 168 Å². The second kappa shape index (κ2) is 11.0. The van der Waals surface area contributed by atoms with Gasteiger partial charge in [0.15, 0.2) is 11.5 Å². The molecular formula is C21H24F2N2O4. The minimum atomic E-state index is -3.00. The van der Waals surface area contributed by atoms with Crippen LogP contribution in [0.2, 0.25) is 0 Å². The van der Waals surface area contributed by atoms with Crippen LogP contribution in [0.5, 0.6) is 11.5 Å². The highest BCUT2D eigenvalue weighted by Crippen LogP contribution is 2.29. The number of ether oxygens (including phenoxy) is 2. The summed E-state index contributed by atoms with van der Waals surface area (Å²) in [5.74, 6) is -0.904. The zero-order chi connectivity index (χ0) is 21.2. The largest absolute Gasteiger partial charge is 0.493 e. The van der Waals surface area contributed by atoms with Crippen LogP contribution in [-0.4, -0.2) is 43.5 Å². The molecule has 156 valence electrons. The van der Waals surface area contributed by atoms with E-state index in [2.05, 4.69) is 10.1 Å². The van der Waals surface area contributed by atoms with E-state index in [-0.39, 0.29) is 29.5 Å². The van der Waals surface area contributed by atoms with Crippen molar-refractivity contribution in [3.8, 4) is 11.5 Å². The number of nitrogens with one attached hydrogen (secondary N) is 1. The van der Waals surface area contributed by atoms with E-state index in [1.165, 1.54) is 25.3 Å². The van der Waals surface area contributed by atoms with E-state index in [9.17, 15) is 18.4 Å². The van der Waals surface area contributed by atoms with Crippen molar-refractivity contribution >= 4 is 11.8 Å². The van der Waals surface area contributed by atoms with Crippen molar-refractivity contribution in [3.05, 3.63) is 59.7 Å². The third-order valence-electron chi connectivity index (χ3n) is 4.10. The van der Waals surface area contributed by atoms with E-state index in [1.54, 1.807) is 4.90 Å². The number of amides is 2. The van der Waals surface area contributed by atoms with Gasteiger partial charge in [0.1, 0.15) is 0 Å². The van der Waals surface area contributed by atoms with Crippen molar-refractivity contribution in [1.82, 2.24) is 10.2 Å². The molecule has 0 saturated carbocycles. The highest BCUT2D eigenvalue weighted by atomic mass is 19.3. The number of halogens is 2. The van der Waals surface area contributed by atoms with E-state index in [4.69, 9.17) is 4.74 Å². The summed E-state index contributed by atoms with van der Waals surface area (Å²) in [4.78, 5) is 26.6. The highest BCUT2D eigenvalue weighted by Gasteiger charge is 2.17. The SMILES string of the molecule is CCCN(Cc1ccccc1)C(=O)CNC(=O)c1ccc(OC(F)F)c(OC)c1. The lowest BCUT2D eigenvalue weighted by atomic mass is 10.2. The molecule has 0 atom stereocenters. The maximum absolute atomic E-state index is 12.6. The lowest BCUT2D eigenvalue weighted by Crippen LogP contribution is -2.40.